The van der Waals surface area contributed by atoms with Gasteiger partial charge in [-0.25, -0.2) is 0 Å². The van der Waals surface area contributed by atoms with Crippen LogP contribution < -0.4 is 0 Å². The second kappa shape index (κ2) is 10.2. The molecular formula is C56H57N3. The molecule has 4 fully saturated rings. The lowest BCUT2D eigenvalue weighted by atomic mass is 9.47. The van der Waals surface area contributed by atoms with Gasteiger partial charge in [0.25, 0.3) is 0 Å². The monoisotopic (exact) mass is 771 g/mol. The van der Waals surface area contributed by atoms with E-state index in [4.69, 9.17) is 0 Å². The summed E-state index contributed by atoms with van der Waals surface area (Å²) < 4.78 is 2.68. The minimum absolute atomic E-state index is 0.131. The first-order valence-corrected chi connectivity index (χ1v) is 23.6. The molecule has 4 aromatic carbocycles. The van der Waals surface area contributed by atoms with Crippen LogP contribution in [-0.2, 0) is 21.7 Å². The van der Waals surface area contributed by atoms with E-state index < -0.39 is 0 Å². The summed E-state index contributed by atoms with van der Waals surface area (Å²) in [6.07, 6.45) is 12.8. The molecule has 3 heteroatoms. The Labute approximate surface area is 349 Å². The van der Waals surface area contributed by atoms with Crippen molar-refractivity contribution >= 4 is 38.1 Å². The number of fused-ring (bicyclic) bond motifs is 8. The maximum Gasteiger partial charge on any atom is 0.0995 e. The van der Waals surface area contributed by atoms with E-state index in [0.29, 0.717) is 23.7 Å². The second-order valence-corrected chi connectivity index (χ2v) is 23.9. The molecule has 3 nitrogen and oxygen atoms in total. The second-order valence-electron chi connectivity index (χ2n) is 23.9. The molecule has 4 unspecified atom stereocenters. The first-order chi connectivity index (χ1) is 28.2. The van der Waals surface area contributed by atoms with E-state index >= 15 is 0 Å². The van der Waals surface area contributed by atoms with Crippen molar-refractivity contribution < 1.29 is 0 Å². The highest BCUT2D eigenvalue weighted by molar-refractivity contribution is 6.30. The zero-order valence-corrected chi connectivity index (χ0v) is 36.4. The molecule has 8 bridgehead atoms. The molecule has 0 amide bonds. The van der Waals surface area contributed by atoms with E-state index in [1.807, 2.05) is 0 Å². The minimum Gasteiger partial charge on any atom is -0.308 e. The zero-order valence-electron chi connectivity index (χ0n) is 36.4. The van der Waals surface area contributed by atoms with Crippen LogP contribution in [0.5, 0.6) is 0 Å². The fraction of sp³-hybridized carbons (Fsp3) is 0.536. The molecule has 0 saturated heterocycles. The third kappa shape index (κ3) is 3.59. The summed E-state index contributed by atoms with van der Waals surface area (Å²) >= 11 is 0. The summed E-state index contributed by atoms with van der Waals surface area (Å²) in [5, 5.41) is 28.4. The van der Waals surface area contributed by atoms with Crippen molar-refractivity contribution in [2.75, 3.05) is 0 Å². The van der Waals surface area contributed by atoms with Crippen LogP contribution in [0.15, 0.2) is 30.3 Å². The highest BCUT2D eigenvalue weighted by Crippen LogP contribution is 2.69. The van der Waals surface area contributed by atoms with Crippen LogP contribution in [0.1, 0.15) is 199 Å². The van der Waals surface area contributed by atoms with Crippen molar-refractivity contribution in [3.8, 4) is 23.3 Å². The number of hydrogen-bond donors (Lipinski definition) is 0. The standard InChI is InChI=1S/C56H57N3/c1-53(2)36-10-9-11-37-44(36)47-50(55(53,5)6)48-45-38(22-34(24-57)40-30-14-26-12-27(15-30)19-32(18-26)42(40)45)59-39-23-35(25-58)41-31-16-28-13-29(17-31)21-33(20-28)43(41)46(39)49(52(48)59)51(47)56(7,8)54(37,3)4/h9-11,22-23,26-33H,12-21H2,1-8H3. The fourth-order valence-corrected chi connectivity index (χ4v) is 17.3. The van der Waals surface area contributed by atoms with Gasteiger partial charge in [0.1, 0.15) is 0 Å². The van der Waals surface area contributed by atoms with Crippen LogP contribution in [-0.4, -0.2) is 4.40 Å². The van der Waals surface area contributed by atoms with Crippen LogP contribution in [0, 0.1) is 46.3 Å². The van der Waals surface area contributed by atoms with Gasteiger partial charge in [0.2, 0.25) is 0 Å². The summed E-state index contributed by atoms with van der Waals surface area (Å²) in [6.45, 7) is 20.4. The maximum atomic E-state index is 11.3. The number of nitriles is 2. The Morgan fingerprint density at radius 1 is 0.475 bits per heavy atom. The Kier molecular flexibility index (Phi) is 5.96. The molecule has 10 aliphatic rings. The lowest BCUT2D eigenvalue weighted by Gasteiger charge is -2.56. The van der Waals surface area contributed by atoms with Gasteiger partial charge in [0.05, 0.1) is 39.8 Å². The summed E-state index contributed by atoms with van der Waals surface area (Å²) in [5.41, 5.74) is 20.2. The molecule has 4 saturated carbocycles. The van der Waals surface area contributed by atoms with E-state index in [9.17, 15) is 10.5 Å². The van der Waals surface area contributed by atoms with E-state index in [1.165, 1.54) is 136 Å². The SMILES string of the molecule is CC1(C)c2cccc3c2-c2c(c4c5c6c(c(C#N)cc5n5c7cc(C#N)c8c(c7c(c2C(C)(C)C3(C)C)c45)C2CC3CC(CC8C3)C2)C2CC3CC(C2)CC6C3)C1(C)C. The Hall–Kier alpha value is -4.34. The smallest absolute Gasteiger partial charge is 0.0995 e. The van der Waals surface area contributed by atoms with Crippen LogP contribution in [0.4, 0.5) is 0 Å². The quantitative estimate of drug-likeness (QED) is 0.154. The van der Waals surface area contributed by atoms with Gasteiger partial charge in [-0.2, -0.15) is 10.5 Å². The van der Waals surface area contributed by atoms with Gasteiger partial charge < -0.3 is 4.40 Å². The highest BCUT2D eigenvalue weighted by Gasteiger charge is 2.57. The third-order valence-electron chi connectivity index (χ3n) is 20.6. The Morgan fingerprint density at radius 3 is 1.22 bits per heavy atom. The predicted octanol–water partition coefficient (Wildman–Crippen LogP) is 14.2. The molecule has 6 aromatic rings. The lowest BCUT2D eigenvalue weighted by molar-refractivity contribution is 0.166. The van der Waals surface area contributed by atoms with E-state index in [2.05, 4.69) is 102 Å². The summed E-state index contributed by atoms with van der Waals surface area (Å²) in [5.74, 6) is 5.00. The number of nitrogens with zero attached hydrogens (tertiary/aromatic N) is 3. The molecule has 0 spiro atoms. The number of rotatable bonds is 0. The van der Waals surface area contributed by atoms with Gasteiger partial charge in [0.15, 0.2) is 0 Å². The third-order valence-corrected chi connectivity index (χ3v) is 20.6. The minimum atomic E-state index is -0.192. The van der Waals surface area contributed by atoms with E-state index in [1.54, 1.807) is 22.3 Å². The predicted molar refractivity (Wildman–Crippen MR) is 239 cm³/mol. The van der Waals surface area contributed by atoms with Gasteiger partial charge in [-0.1, -0.05) is 73.6 Å². The summed E-state index contributed by atoms with van der Waals surface area (Å²) in [7, 11) is 0. The fourth-order valence-electron chi connectivity index (χ4n) is 17.3. The Balaban J connectivity index is 1.31. The molecule has 0 radical (unpaired) electrons. The molecule has 0 aliphatic heterocycles. The average molecular weight is 772 g/mol. The molecule has 296 valence electrons. The van der Waals surface area contributed by atoms with Crippen molar-refractivity contribution in [1.82, 2.24) is 4.40 Å². The van der Waals surface area contributed by atoms with Gasteiger partial charge in [-0.3, -0.25) is 0 Å². The van der Waals surface area contributed by atoms with Crippen molar-refractivity contribution in [3.05, 3.63) is 86.0 Å². The number of aromatic nitrogens is 1. The molecule has 2 heterocycles. The average Bonchev–Trinajstić information content (AvgIpc) is 3.56. The molecule has 2 aromatic heterocycles. The van der Waals surface area contributed by atoms with Gasteiger partial charge >= 0.3 is 0 Å². The summed E-state index contributed by atoms with van der Waals surface area (Å²) in [6, 6.07) is 17.8. The topological polar surface area (TPSA) is 52.0 Å². The van der Waals surface area contributed by atoms with Crippen molar-refractivity contribution in [1.29, 1.82) is 10.5 Å². The maximum absolute atomic E-state index is 11.3. The molecular weight excluding hydrogens is 715 g/mol. The lowest BCUT2D eigenvalue weighted by Crippen LogP contribution is -2.50. The van der Waals surface area contributed by atoms with E-state index in [0.717, 1.165) is 34.8 Å². The number of benzene rings is 4. The Bertz CT molecular complexity index is 2870. The van der Waals surface area contributed by atoms with Crippen LogP contribution in [0.2, 0.25) is 0 Å². The van der Waals surface area contributed by atoms with E-state index in [-0.39, 0.29) is 21.7 Å². The molecule has 4 atom stereocenters. The summed E-state index contributed by atoms with van der Waals surface area (Å²) in [4.78, 5) is 0. The molecule has 0 N–H and O–H groups in total. The largest absolute Gasteiger partial charge is 0.308 e. The molecule has 16 rings (SSSR count). The van der Waals surface area contributed by atoms with Crippen molar-refractivity contribution in [2.24, 2.45) is 23.7 Å². The number of hydrogen-bond acceptors (Lipinski definition) is 2. The highest BCUT2D eigenvalue weighted by atomic mass is 14.9. The first-order valence-electron chi connectivity index (χ1n) is 23.6. The van der Waals surface area contributed by atoms with Crippen LogP contribution in [0.25, 0.3) is 49.2 Å². The molecule has 59 heavy (non-hydrogen) atoms. The van der Waals surface area contributed by atoms with Gasteiger partial charge in [-0.15, -0.1) is 0 Å². The van der Waals surface area contributed by atoms with Gasteiger partial charge in [-0.05, 0) is 190 Å². The van der Waals surface area contributed by atoms with Crippen molar-refractivity contribution in [3.63, 3.8) is 0 Å². The molecule has 10 aliphatic carbocycles. The van der Waals surface area contributed by atoms with Crippen molar-refractivity contribution in [2.45, 2.75) is 165 Å². The normalized spacial score (nSPS) is 32.6. The first kappa shape index (κ1) is 34.4. The zero-order chi connectivity index (χ0) is 40.2. The Morgan fingerprint density at radius 2 is 0.847 bits per heavy atom. The van der Waals surface area contributed by atoms with Crippen LogP contribution >= 0.6 is 0 Å². The van der Waals surface area contributed by atoms with Gasteiger partial charge in [0, 0.05) is 32.4 Å². The van der Waals surface area contributed by atoms with Crippen LogP contribution in [0.3, 0.4) is 0 Å².